The molecule has 214 valence electrons. The van der Waals surface area contributed by atoms with Gasteiger partial charge in [0, 0.05) is 35.5 Å². The van der Waals surface area contributed by atoms with Crippen molar-refractivity contribution >= 4 is 46.7 Å². The molecule has 3 aromatic carbocycles. The number of alkyl halides is 3. The summed E-state index contributed by atoms with van der Waals surface area (Å²) in [6.07, 6.45) is -2.81. The summed E-state index contributed by atoms with van der Waals surface area (Å²) in [5.41, 5.74) is 0.214. The number of benzene rings is 3. The highest BCUT2D eigenvalue weighted by Crippen LogP contribution is 2.31. The van der Waals surface area contributed by atoms with Gasteiger partial charge in [-0.15, -0.1) is 0 Å². The Labute approximate surface area is 237 Å². The van der Waals surface area contributed by atoms with Crippen molar-refractivity contribution in [3.8, 4) is 5.75 Å². The first kappa shape index (κ1) is 29.4. The minimum atomic E-state index is -4.57. The minimum Gasteiger partial charge on any atom is -0.496 e. The Balaban J connectivity index is 1.39. The molecule has 13 heteroatoms. The molecule has 41 heavy (non-hydrogen) atoms. The van der Waals surface area contributed by atoms with Gasteiger partial charge in [-0.1, -0.05) is 23.7 Å². The Hall–Kier alpha value is -4.58. The van der Waals surface area contributed by atoms with Crippen LogP contribution in [-0.4, -0.2) is 30.8 Å². The number of carbonyl (C=O) groups is 3. The lowest BCUT2D eigenvalue weighted by Crippen LogP contribution is -2.34. The summed E-state index contributed by atoms with van der Waals surface area (Å²) in [6.45, 7) is 0.256. The summed E-state index contributed by atoms with van der Waals surface area (Å²) >= 11 is 6.22. The summed E-state index contributed by atoms with van der Waals surface area (Å²) in [7, 11) is 1.29. The molecular weight excluding hydrogens is 563 g/mol. The van der Waals surface area contributed by atoms with E-state index in [4.69, 9.17) is 21.7 Å². The molecule has 0 unspecified atom stereocenters. The van der Waals surface area contributed by atoms with E-state index in [1.807, 2.05) is 0 Å². The van der Waals surface area contributed by atoms with Gasteiger partial charge in [-0.05, 0) is 60.9 Å². The van der Waals surface area contributed by atoms with Gasteiger partial charge in [0.25, 0.3) is 5.91 Å². The number of ether oxygens (including phenoxy) is 1. The number of nitrogens with one attached hydrogen (secondary N) is 5. The van der Waals surface area contributed by atoms with Gasteiger partial charge >= 0.3 is 12.2 Å². The van der Waals surface area contributed by atoms with Crippen LogP contribution in [0.2, 0.25) is 5.02 Å². The van der Waals surface area contributed by atoms with Gasteiger partial charge in [0.05, 0.1) is 23.3 Å². The van der Waals surface area contributed by atoms with E-state index in [1.54, 1.807) is 18.2 Å². The van der Waals surface area contributed by atoms with Crippen LogP contribution in [0.3, 0.4) is 0 Å². The van der Waals surface area contributed by atoms with Crippen molar-refractivity contribution in [3.05, 3.63) is 87.9 Å². The number of anilines is 2. The first-order valence-electron chi connectivity index (χ1n) is 12.3. The highest BCUT2D eigenvalue weighted by Gasteiger charge is 2.31. The van der Waals surface area contributed by atoms with E-state index in [2.05, 4.69) is 21.3 Å². The van der Waals surface area contributed by atoms with Gasteiger partial charge in [0.2, 0.25) is 5.91 Å². The van der Waals surface area contributed by atoms with Crippen molar-refractivity contribution in [2.24, 2.45) is 5.92 Å². The van der Waals surface area contributed by atoms with Crippen molar-refractivity contribution in [3.63, 3.8) is 0 Å². The second kappa shape index (κ2) is 12.3. The quantitative estimate of drug-likeness (QED) is 0.168. The van der Waals surface area contributed by atoms with Crippen LogP contribution in [0.15, 0.2) is 60.7 Å². The standard InChI is InChI=1S/C28H25ClF3N5O4/c1-41-23-13-19(8-9-20(23)26(39)35-18-4-2-3-17(12-18)28(30,31)32)36-27(40)37-24(33)21-11-15(5-10-22(21)29)14-34-25(38)16-6-7-16/h2-5,8-13,16H,6-7,14H2,1H3,(H,34,38)(H,35,39)(H3,33,36,37,40). The van der Waals surface area contributed by atoms with Crippen molar-refractivity contribution in [1.82, 2.24) is 10.6 Å². The molecule has 1 aliphatic carbocycles. The number of urea groups is 1. The fraction of sp³-hybridized carbons (Fsp3) is 0.214. The molecule has 0 saturated heterocycles. The summed E-state index contributed by atoms with van der Waals surface area (Å²) < 4.78 is 44.2. The van der Waals surface area contributed by atoms with Gasteiger partial charge in [0.15, 0.2) is 0 Å². The molecule has 1 aliphatic rings. The lowest BCUT2D eigenvalue weighted by atomic mass is 10.1. The average Bonchev–Trinajstić information content (AvgIpc) is 3.77. The molecule has 0 aliphatic heterocycles. The Morgan fingerprint density at radius 3 is 2.39 bits per heavy atom. The molecule has 0 bridgehead atoms. The lowest BCUT2D eigenvalue weighted by molar-refractivity contribution is -0.137. The monoisotopic (exact) mass is 587 g/mol. The Morgan fingerprint density at radius 2 is 1.71 bits per heavy atom. The van der Waals surface area contributed by atoms with Crippen LogP contribution in [0, 0.1) is 11.3 Å². The molecule has 5 N–H and O–H groups in total. The van der Waals surface area contributed by atoms with E-state index in [9.17, 15) is 27.6 Å². The number of hydrogen-bond acceptors (Lipinski definition) is 5. The Morgan fingerprint density at radius 1 is 0.976 bits per heavy atom. The van der Waals surface area contributed by atoms with Gasteiger partial charge < -0.3 is 20.7 Å². The maximum atomic E-state index is 13.0. The van der Waals surface area contributed by atoms with Crippen LogP contribution >= 0.6 is 11.6 Å². The van der Waals surface area contributed by atoms with Gasteiger partial charge in [0.1, 0.15) is 11.6 Å². The Bertz CT molecular complexity index is 1510. The second-order valence-corrected chi connectivity index (χ2v) is 9.62. The van der Waals surface area contributed by atoms with Crippen LogP contribution in [-0.2, 0) is 17.5 Å². The predicted molar refractivity (Wildman–Crippen MR) is 147 cm³/mol. The summed E-state index contributed by atoms with van der Waals surface area (Å²) in [5.74, 6) is -0.924. The van der Waals surface area contributed by atoms with Crippen LogP contribution in [0.25, 0.3) is 0 Å². The van der Waals surface area contributed by atoms with E-state index >= 15 is 0 Å². The van der Waals surface area contributed by atoms with E-state index in [0.717, 1.165) is 25.0 Å². The van der Waals surface area contributed by atoms with Crippen molar-refractivity contribution in [2.45, 2.75) is 25.6 Å². The molecule has 0 atom stereocenters. The molecule has 0 spiro atoms. The third kappa shape index (κ3) is 7.76. The normalized spacial score (nSPS) is 12.7. The van der Waals surface area contributed by atoms with Crippen LogP contribution in [0.1, 0.15) is 39.9 Å². The van der Waals surface area contributed by atoms with Gasteiger partial charge in [-0.2, -0.15) is 13.2 Å². The van der Waals surface area contributed by atoms with Crippen molar-refractivity contribution in [1.29, 1.82) is 5.41 Å². The Kier molecular flexibility index (Phi) is 8.82. The number of halogens is 4. The topological polar surface area (TPSA) is 132 Å². The van der Waals surface area contributed by atoms with Crippen molar-refractivity contribution in [2.75, 3.05) is 17.7 Å². The summed E-state index contributed by atoms with van der Waals surface area (Å²) in [4.78, 5) is 37.2. The number of methoxy groups -OCH3 is 1. The number of hydrogen-bond donors (Lipinski definition) is 5. The molecule has 4 amide bonds. The zero-order valence-electron chi connectivity index (χ0n) is 21.6. The maximum Gasteiger partial charge on any atom is 0.416 e. The lowest BCUT2D eigenvalue weighted by Gasteiger charge is -2.14. The number of rotatable bonds is 8. The number of amidine groups is 1. The largest absolute Gasteiger partial charge is 0.496 e. The molecule has 4 rings (SSSR count). The predicted octanol–water partition coefficient (Wildman–Crippen LogP) is 5.79. The fourth-order valence-corrected chi connectivity index (χ4v) is 4.04. The molecule has 9 nitrogen and oxygen atoms in total. The first-order chi connectivity index (χ1) is 19.4. The molecule has 1 fully saturated rings. The van der Waals surface area contributed by atoms with E-state index < -0.39 is 23.7 Å². The van der Waals surface area contributed by atoms with Crippen LogP contribution < -0.4 is 26.0 Å². The third-order valence-corrected chi connectivity index (χ3v) is 6.43. The molecular formula is C28H25ClF3N5O4. The molecule has 0 aromatic heterocycles. The molecule has 0 heterocycles. The highest BCUT2D eigenvalue weighted by atomic mass is 35.5. The zero-order valence-corrected chi connectivity index (χ0v) is 22.4. The first-order valence-corrected chi connectivity index (χ1v) is 12.7. The van der Waals surface area contributed by atoms with Crippen LogP contribution in [0.4, 0.5) is 29.3 Å². The second-order valence-electron chi connectivity index (χ2n) is 9.21. The van der Waals surface area contributed by atoms with Gasteiger partial charge in [-0.3, -0.25) is 20.3 Å². The maximum absolute atomic E-state index is 13.0. The van der Waals surface area contributed by atoms with Gasteiger partial charge in [-0.25, -0.2) is 4.79 Å². The molecule has 1 saturated carbocycles. The van der Waals surface area contributed by atoms with E-state index in [-0.39, 0.29) is 57.5 Å². The smallest absolute Gasteiger partial charge is 0.416 e. The minimum absolute atomic E-state index is 0.0148. The van der Waals surface area contributed by atoms with E-state index in [0.29, 0.717) is 5.56 Å². The average molecular weight is 588 g/mol. The summed E-state index contributed by atoms with van der Waals surface area (Å²) in [5, 5.41) is 18.7. The van der Waals surface area contributed by atoms with Crippen molar-refractivity contribution < 1.29 is 32.3 Å². The molecule has 0 radical (unpaired) electrons. The molecule has 3 aromatic rings. The van der Waals surface area contributed by atoms with E-state index in [1.165, 1.54) is 37.4 Å². The fourth-order valence-electron chi connectivity index (χ4n) is 3.82. The van der Waals surface area contributed by atoms with Crippen LogP contribution in [0.5, 0.6) is 5.75 Å². The number of amides is 4. The third-order valence-electron chi connectivity index (χ3n) is 6.11. The highest BCUT2D eigenvalue weighted by molar-refractivity contribution is 6.34. The number of carbonyl (C=O) groups excluding carboxylic acids is 3. The summed E-state index contributed by atoms with van der Waals surface area (Å²) in [6, 6.07) is 12.4. The zero-order chi connectivity index (χ0) is 29.7. The SMILES string of the molecule is COc1cc(NC(=O)NC(=N)c2cc(CNC(=O)C3CC3)ccc2Cl)ccc1C(=O)Nc1cccc(C(F)(F)F)c1.